The van der Waals surface area contributed by atoms with Gasteiger partial charge < -0.3 is 11.5 Å². The van der Waals surface area contributed by atoms with E-state index >= 15 is 0 Å². The molecule has 4 rings (SSSR count). The molecule has 0 unspecified atom stereocenters. The van der Waals surface area contributed by atoms with Crippen molar-refractivity contribution in [2.45, 2.75) is 39.2 Å². The van der Waals surface area contributed by atoms with E-state index in [1.807, 2.05) is 0 Å². The molecule has 8 nitrogen and oxygen atoms in total. The molecule has 13 heteroatoms. The van der Waals surface area contributed by atoms with Crippen molar-refractivity contribution in [3.8, 4) is 0 Å². The highest BCUT2D eigenvalue weighted by molar-refractivity contribution is 8.00. The first kappa shape index (κ1) is 27.4. The number of anilines is 2. The molecule has 4 aromatic carbocycles. The van der Waals surface area contributed by atoms with Crippen LogP contribution in [-0.2, 0) is 20.2 Å². The van der Waals surface area contributed by atoms with Gasteiger partial charge in [-0.3, -0.25) is 9.11 Å². The van der Waals surface area contributed by atoms with E-state index in [4.69, 9.17) is 11.5 Å². The molecule has 0 aliphatic heterocycles. The fourth-order valence-electron chi connectivity index (χ4n) is 3.14. The molecule has 0 fully saturated rings. The van der Waals surface area contributed by atoms with Gasteiger partial charge in [0.1, 0.15) is 9.79 Å². The second-order valence-corrected chi connectivity index (χ2v) is 13.8. The molecule has 0 heterocycles. The second-order valence-electron chi connectivity index (χ2n) is 7.61. The maximum absolute atomic E-state index is 12.1. The summed E-state index contributed by atoms with van der Waals surface area (Å²) in [5.41, 5.74) is 12.5. The third-order valence-corrected chi connectivity index (χ3v) is 10.0. The SMILES string of the molecule is Nc1ccc(Sc2ccc(Sc3ccc(Sc4ccc(N)cc4)c(S(=O)(=O)O)c3)cc2S(=O)(=O)O)cc1. The van der Waals surface area contributed by atoms with Crippen LogP contribution in [0.2, 0.25) is 0 Å². The normalized spacial score (nSPS) is 11.9. The topological polar surface area (TPSA) is 161 Å². The van der Waals surface area contributed by atoms with Crippen LogP contribution in [0.15, 0.2) is 124 Å². The number of nitrogens with two attached hydrogens (primary N) is 2. The summed E-state index contributed by atoms with van der Waals surface area (Å²) in [5.74, 6) is 0. The first-order valence-corrected chi connectivity index (χ1v) is 15.7. The van der Waals surface area contributed by atoms with Crippen LogP contribution < -0.4 is 11.5 Å². The van der Waals surface area contributed by atoms with Gasteiger partial charge in [-0.25, -0.2) is 0 Å². The van der Waals surface area contributed by atoms with Crippen LogP contribution in [-0.4, -0.2) is 25.9 Å². The van der Waals surface area contributed by atoms with E-state index in [0.29, 0.717) is 31.0 Å². The van der Waals surface area contributed by atoms with Crippen molar-refractivity contribution >= 4 is 66.9 Å². The van der Waals surface area contributed by atoms with Gasteiger partial charge in [-0.2, -0.15) is 16.8 Å². The number of hydrogen-bond donors (Lipinski definition) is 4. The Morgan fingerprint density at radius 3 is 1.14 bits per heavy atom. The van der Waals surface area contributed by atoms with E-state index in [-0.39, 0.29) is 9.79 Å². The number of benzene rings is 4. The Kier molecular flexibility index (Phi) is 8.14. The molecule has 0 radical (unpaired) electrons. The summed E-state index contributed by atoms with van der Waals surface area (Å²) >= 11 is 3.37. The smallest absolute Gasteiger partial charge is 0.295 e. The standard InChI is InChI=1S/C24H20N2O6S5/c25-15-1-5-17(6-2-15)34-21-11-9-19(13-23(21)36(27,28)29)33-20-10-12-22(24(14-20)37(30,31)32)35-18-7-3-16(26)4-8-18/h1-14H,25-26H2,(H,27,28,29)(H,30,31,32). The van der Waals surface area contributed by atoms with E-state index in [1.165, 1.54) is 12.1 Å². The molecule has 0 aliphatic rings. The molecule has 0 atom stereocenters. The Hall–Kier alpha value is -2.65. The second kappa shape index (κ2) is 11.0. The number of nitrogen functional groups attached to an aromatic ring is 2. The lowest BCUT2D eigenvalue weighted by atomic mass is 10.3. The minimum absolute atomic E-state index is 0.287. The summed E-state index contributed by atoms with van der Waals surface area (Å²) in [4.78, 5) is 2.38. The van der Waals surface area contributed by atoms with Gasteiger partial charge >= 0.3 is 0 Å². The molecule has 0 bridgehead atoms. The Balaban J connectivity index is 1.65. The fraction of sp³-hybridized carbons (Fsp3) is 0. The zero-order valence-electron chi connectivity index (χ0n) is 18.8. The highest BCUT2D eigenvalue weighted by atomic mass is 32.2. The monoisotopic (exact) mass is 592 g/mol. The summed E-state index contributed by atoms with van der Waals surface area (Å²) in [6, 6.07) is 22.7. The maximum atomic E-state index is 12.1. The molecule has 0 saturated carbocycles. The largest absolute Gasteiger partial charge is 0.399 e. The lowest BCUT2D eigenvalue weighted by Gasteiger charge is -2.12. The predicted molar refractivity (Wildman–Crippen MR) is 147 cm³/mol. The molecular formula is C24H20N2O6S5. The minimum atomic E-state index is -4.56. The zero-order valence-corrected chi connectivity index (χ0v) is 22.9. The molecular weight excluding hydrogens is 573 g/mol. The van der Waals surface area contributed by atoms with Gasteiger partial charge in [0.15, 0.2) is 0 Å². The molecule has 4 aromatic rings. The molecule has 192 valence electrons. The Bertz CT molecular complexity index is 1530. The fourth-order valence-corrected chi connectivity index (χ4v) is 7.91. The Morgan fingerprint density at radius 1 is 0.486 bits per heavy atom. The zero-order chi connectivity index (χ0) is 26.8. The summed E-state index contributed by atoms with van der Waals surface area (Å²) in [5, 5.41) is 0. The van der Waals surface area contributed by atoms with Crippen LogP contribution in [0.25, 0.3) is 0 Å². The van der Waals surface area contributed by atoms with E-state index in [1.54, 1.807) is 72.8 Å². The summed E-state index contributed by atoms with van der Waals surface area (Å²) in [6.07, 6.45) is 0. The van der Waals surface area contributed by atoms with E-state index in [9.17, 15) is 25.9 Å². The van der Waals surface area contributed by atoms with Crippen molar-refractivity contribution in [3.63, 3.8) is 0 Å². The van der Waals surface area contributed by atoms with Crippen molar-refractivity contribution in [1.29, 1.82) is 0 Å². The van der Waals surface area contributed by atoms with Gasteiger partial charge in [-0.15, -0.1) is 0 Å². The molecule has 0 amide bonds. The van der Waals surface area contributed by atoms with Crippen molar-refractivity contribution in [3.05, 3.63) is 84.9 Å². The highest BCUT2D eigenvalue weighted by Gasteiger charge is 2.20. The minimum Gasteiger partial charge on any atom is -0.399 e. The van der Waals surface area contributed by atoms with Crippen molar-refractivity contribution in [1.82, 2.24) is 0 Å². The highest BCUT2D eigenvalue weighted by Crippen LogP contribution is 2.40. The van der Waals surface area contributed by atoms with E-state index in [0.717, 1.165) is 45.1 Å². The van der Waals surface area contributed by atoms with Gasteiger partial charge in [-0.05, 0) is 84.9 Å². The van der Waals surface area contributed by atoms with Crippen LogP contribution in [0, 0.1) is 0 Å². The first-order chi connectivity index (χ1) is 17.4. The summed E-state index contributed by atoms with van der Waals surface area (Å²) < 4.78 is 68.1. The molecule has 0 aliphatic carbocycles. The Labute approximate surface area is 227 Å². The number of rotatable bonds is 8. The van der Waals surface area contributed by atoms with Gasteiger partial charge in [0.2, 0.25) is 0 Å². The van der Waals surface area contributed by atoms with Crippen LogP contribution in [0.4, 0.5) is 11.4 Å². The van der Waals surface area contributed by atoms with Gasteiger partial charge in [-0.1, -0.05) is 35.3 Å². The van der Waals surface area contributed by atoms with Crippen LogP contribution in [0.1, 0.15) is 0 Å². The first-order valence-electron chi connectivity index (χ1n) is 10.4. The van der Waals surface area contributed by atoms with Crippen molar-refractivity contribution in [2.24, 2.45) is 0 Å². The third kappa shape index (κ3) is 7.23. The summed E-state index contributed by atoms with van der Waals surface area (Å²) in [7, 11) is -9.12. The number of hydrogen-bond acceptors (Lipinski definition) is 9. The Morgan fingerprint density at radius 2 is 0.811 bits per heavy atom. The molecule has 6 N–H and O–H groups in total. The molecule has 0 spiro atoms. The van der Waals surface area contributed by atoms with E-state index < -0.39 is 20.2 Å². The van der Waals surface area contributed by atoms with Crippen LogP contribution >= 0.6 is 35.3 Å². The van der Waals surface area contributed by atoms with Crippen LogP contribution in [0.5, 0.6) is 0 Å². The predicted octanol–water partition coefficient (Wildman–Crippen LogP) is 5.80. The van der Waals surface area contributed by atoms with Crippen LogP contribution in [0.3, 0.4) is 0 Å². The molecule has 0 saturated heterocycles. The lowest BCUT2D eigenvalue weighted by molar-refractivity contribution is 0.478. The lowest BCUT2D eigenvalue weighted by Crippen LogP contribution is -2.01. The average Bonchev–Trinajstić information content (AvgIpc) is 2.82. The molecule has 37 heavy (non-hydrogen) atoms. The average molecular weight is 593 g/mol. The quantitative estimate of drug-likeness (QED) is 0.145. The van der Waals surface area contributed by atoms with Crippen molar-refractivity contribution in [2.75, 3.05) is 11.5 Å². The molecule has 0 aromatic heterocycles. The summed E-state index contributed by atoms with van der Waals surface area (Å²) in [6.45, 7) is 0. The van der Waals surface area contributed by atoms with Crippen molar-refractivity contribution < 1.29 is 25.9 Å². The maximum Gasteiger partial charge on any atom is 0.295 e. The third-order valence-electron chi connectivity index (χ3n) is 4.84. The van der Waals surface area contributed by atoms with Gasteiger partial charge in [0.25, 0.3) is 20.2 Å². The van der Waals surface area contributed by atoms with E-state index in [2.05, 4.69) is 0 Å². The van der Waals surface area contributed by atoms with Gasteiger partial charge in [0, 0.05) is 40.7 Å². The van der Waals surface area contributed by atoms with Gasteiger partial charge in [0.05, 0.1) is 0 Å².